The van der Waals surface area contributed by atoms with Gasteiger partial charge in [-0.2, -0.15) is 0 Å². The molecule has 3 aliphatic rings. The molecule has 2 saturated carbocycles. The van der Waals surface area contributed by atoms with Gasteiger partial charge >= 0.3 is 6.09 Å². The zero-order valence-corrected chi connectivity index (χ0v) is 24.0. The number of likely N-dealkylation sites (tertiary alicyclic amines) is 1. The molecule has 3 N–H and O–H groups in total. The van der Waals surface area contributed by atoms with E-state index < -0.39 is 6.09 Å². The number of pyridine rings is 1. The van der Waals surface area contributed by atoms with Gasteiger partial charge in [0.25, 0.3) is 0 Å². The Bertz CT molecular complexity index is 1720. The molecule has 10 heteroatoms. The molecule has 1 spiro atoms. The number of fused-ring (bicyclic) bond motifs is 1. The zero-order chi connectivity index (χ0) is 29.6. The van der Waals surface area contributed by atoms with Crippen molar-refractivity contribution in [3.05, 3.63) is 66.5 Å². The number of nitrogens with zero attached hydrogens (tertiary/aromatic N) is 4. The molecule has 3 heterocycles. The average molecular weight is 579 g/mol. The summed E-state index contributed by atoms with van der Waals surface area (Å²) >= 11 is 0. The third kappa shape index (κ3) is 5.22. The summed E-state index contributed by atoms with van der Waals surface area (Å²) in [7, 11) is 0. The molecule has 2 aromatic heterocycles. The molecular formula is C33H34N6O4. The van der Waals surface area contributed by atoms with Crippen LogP contribution in [0.5, 0.6) is 11.6 Å². The minimum Gasteiger partial charge on any atom is -0.465 e. The highest BCUT2D eigenvalue weighted by Gasteiger charge is 2.60. The first-order chi connectivity index (χ1) is 20.9. The fraction of sp³-hybridized carbons (Fsp3) is 0.364. The number of piperidine rings is 1. The van der Waals surface area contributed by atoms with Gasteiger partial charge in [0.2, 0.25) is 17.7 Å². The predicted molar refractivity (Wildman–Crippen MR) is 163 cm³/mol. The van der Waals surface area contributed by atoms with Crippen molar-refractivity contribution in [1.82, 2.24) is 19.9 Å². The van der Waals surface area contributed by atoms with Crippen molar-refractivity contribution in [1.29, 1.82) is 0 Å². The van der Waals surface area contributed by atoms with Crippen molar-refractivity contribution in [2.45, 2.75) is 51.5 Å². The maximum atomic E-state index is 13.1. The Labute approximate surface area is 249 Å². The van der Waals surface area contributed by atoms with Crippen LogP contribution >= 0.6 is 0 Å². The van der Waals surface area contributed by atoms with E-state index in [0.29, 0.717) is 41.9 Å². The first-order valence-corrected chi connectivity index (χ1v) is 14.9. The summed E-state index contributed by atoms with van der Waals surface area (Å²) in [5.74, 6) is 1.72. The lowest BCUT2D eigenvalue weighted by Gasteiger charge is -2.31. The van der Waals surface area contributed by atoms with E-state index in [1.807, 2.05) is 49.4 Å². The van der Waals surface area contributed by atoms with Gasteiger partial charge in [-0.15, -0.1) is 0 Å². The second-order valence-corrected chi connectivity index (χ2v) is 12.0. The molecule has 0 bridgehead atoms. The van der Waals surface area contributed by atoms with E-state index in [1.165, 1.54) is 11.3 Å². The first kappa shape index (κ1) is 27.1. The lowest BCUT2D eigenvalue weighted by atomic mass is 9.79. The van der Waals surface area contributed by atoms with Gasteiger partial charge in [-0.3, -0.25) is 4.79 Å². The summed E-state index contributed by atoms with van der Waals surface area (Å²) in [6.45, 7) is 2.91. The number of amides is 2. The Morgan fingerprint density at radius 1 is 1.02 bits per heavy atom. The topological polar surface area (TPSA) is 130 Å². The van der Waals surface area contributed by atoms with Gasteiger partial charge < -0.3 is 25.4 Å². The number of ether oxygens (including phenoxy) is 1. The van der Waals surface area contributed by atoms with E-state index in [1.54, 1.807) is 18.5 Å². The number of aryl methyl sites for hydroxylation is 1. The largest absolute Gasteiger partial charge is 0.465 e. The molecule has 43 heavy (non-hydrogen) atoms. The van der Waals surface area contributed by atoms with Crippen LogP contribution in [0.1, 0.15) is 44.1 Å². The molecule has 2 atom stereocenters. The summed E-state index contributed by atoms with van der Waals surface area (Å²) in [5, 5.41) is 17.7. The van der Waals surface area contributed by atoms with Crippen LogP contribution in [0.3, 0.4) is 0 Å². The van der Waals surface area contributed by atoms with Crippen LogP contribution in [0.25, 0.3) is 22.0 Å². The lowest BCUT2D eigenvalue weighted by molar-refractivity contribution is -0.118. The van der Waals surface area contributed by atoms with Crippen molar-refractivity contribution < 1.29 is 19.4 Å². The Morgan fingerprint density at radius 2 is 1.91 bits per heavy atom. The van der Waals surface area contributed by atoms with Crippen molar-refractivity contribution in [2.75, 3.05) is 23.7 Å². The molecule has 2 aromatic carbocycles. The number of carbonyl (C=O) groups is 2. The predicted octanol–water partition coefficient (Wildman–Crippen LogP) is 6.48. The maximum absolute atomic E-state index is 13.1. The van der Waals surface area contributed by atoms with Gasteiger partial charge in [0.1, 0.15) is 5.75 Å². The average Bonchev–Trinajstić information content (AvgIpc) is 3.77. The Hall–Kier alpha value is -4.73. The van der Waals surface area contributed by atoms with Crippen molar-refractivity contribution >= 4 is 34.4 Å². The van der Waals surface area contributed by atoms with Gasteiger partial charge in [0, 0.05) is 53.9 Å². The third-order valence-electron chi connectivity index (χ3n) is 9.25. The molecule has 1 saturated heterocycles. The minimum atomic E-state index is -0.915. The summed E-state index contributed by atoms with van der Waals surface area (Å²) in [5.41, 5.74) is 3.32. The number of carboxylic acid groups (broad SMARTS) is 1. The van der Waals surface area contributed by atoms with E-state index in [0.717, 1.165) is 54.1 Å². The van der Waals surface area contributed by atoms with E-state index in [4.69, 9.17) is 9.72 Å². The van der Waals surface area contributed by atoms with Gasteiger partial charge in [-0.1, -0.05) is 30.7 Å². The first-order valence-electron chi connectivity index (χ1n) is 14.9. The molecule has 4 aromatic rings. The van der Waals surface area contributed by atoms with Crippen molar-refractivity contribution in [2.24, 2.45) is 11.3 Å². The maximum Gasteiger partial charge on any atom is 0.407 e. The minimum absolute atomic E-state index is 0.0723. The molecule has 7 rings (SSSR count). The lowest BCUT2D eigenvalue weighted by Crippen LogP contribution is -2.44. The fourth-order valence-corrected chi connectivity index (χ4v) is 6.60. The fourth-order valence-electron chi connectivity index (χ4n) is 6.60. The summed E-state index contributed by atoms with van der Waals surface area (Å²) in [4.78, 5) is 39.6. The number of rotatable bonds is 7. The number of nitrogens with one attached hydrogen (secondary N) is 2. The zero-order valence-electron chi connectivity index (χ0n) is 24.0. The Morgan fingerprint density at radius 3 is 2.70 bits per heavy atom. The van der Waals surface area contributed by atoms with Crippen molar-refractivity contribution in [3.63, 3.8) is 0 Å². The second kappa shape index (κ2) is 10.8. The highest BCUT2D eigenvalue weighted by atomic mass is 16.5. The van der Waals surface area contributed by atoms with E-state index in [-0.39, 0.29) is 23.3 Å². The van der Waals surface area contributed by atoms with Crippen LogP contribution in [-0.4, -0.2) is 56.1 Å². The smallest absolute Gasteiger partial charge is 0.407 e. The van der Waals surface area contributed by atoms with Gasteiger partial charge in [0.15, 0.2) is 0 Å². The highest BCUT2D eigenvalue weighted by molar-refractivity contribution is 6.06. The van der Waals surface area contributed by atoms with E-state index in [9.17, 15) is 14.7 Å². The number of aromatic nitrogens is 3. The van der Waals surface area contributed by atoms with Gasteiger partial charge in [-0.25, -0.2) is 19.7 Å². The highest BCUT2D eigenvalue weighted by Crippen LogP contribution is 2.65. The quantitative estimate of drug-likeness (QED) is 0.227. The van der Waals surface area contributed by atoms with Gasteiger partial charge in [0.05, 0.1) is 11.3 Å². The Balaban J connectivity index is 1.15. The number of carbonyl (C=O) groups excluding carboxylic acids is 1. The third-order valence-corrected chi connectivity index (χ3v) is 9.25. The van der Waals surface area contributed by atoms with Crippen LogP contribution in [0.15, 0.2) is 60.9 Å². The Kier molecular flexibility index (Phi) is 6.83. The molecular weight excluding hydrogens is 544 g/mol. The van der Waals surface area contributed by atoms with Crippen LogP contribution in [0, 0.1) is 18.3 Å². The summed E-state index contributed by atoms with van der Waals surface area (Å²) in [6.07, 6.45) is 8.61. The molecule has 3 fully saturated rings. The number of hydrogen-bond acceptors (Lipinski definition) is 7. The molecule has 0 radical (unpaired) electrons. The molecule has 10 nitrogen and oxygen atoms in total. The normalized spacial score (nSPS) is 20.3. The molecule has 1 unspecified atom stereocenters. The van der Waals surface area contributed by atoms with Gasteiger partial charge in [-0.05, 0) is 74.3 Å². The van der Waals surface area contributed by atoms with E-state index in [2.05, 4.69) is 20.6 Å². The molecule has 2 aliphatic carbocycles. The monoisotopic (exact) mass is 578 g/mol. The van der Waals surface area contributed by atoms with Crippen LogP contribution in [0.4, 0.5) is 16.4 Å². The number of anilines is 2. The van der Waals surface area contributed by atoms with E-state index >= 15 is 0 Å². The number of benzene rings is 2. The molecule has 220 valence electrons. The van der Waals surface area contributed by atoms with Crippen LogP contribution in [0.2, 0.25) is 0 Å². The summed E-state index contributed by atoms with van der Waals surface area (Å²) < 4.78 is 6.54. The molecule has 2 amide bonds. The van der Waals surface area contributed by atoms with Crippen LogP contribution < -0.4 is 15.4 Å². The SMILES string of the molecule is Cc1ccc2c(NC(=O)[C@H]3CC34CCC4)cccc2c1Oc1ncccc1-c1ccnc(NC2CCCN(C(=O)O)C2)n1. The summed E-state index contributed by atoms with van der Waals surface area (Å²) in [6, 6.07) is 15.4. The van der Waals surface area contributed by atoms with Crippen molar-refractivity contribution in [3.8, 4) is 22.9 Å². The van der Waals surface area contributed by atoms with Crippen LogP contribution in [-0.2, 0) is 4.79 Å². The standard InChI is InChI=1S/C33H34N6O4/c1-20-10-11-22-23(7-2-9-26(22)37-29(40)25-18-33(25)13-5-14-33)28(20)43-30-24(8-3-15-34-30)27-12-16-35-31(38-27)36-21-6-4-17-39(19-21)32(41)42/h2-3,7-12,15-16,21,25H,4-6,13-14,17-19H2,1H3,(H,37,40)(H,41,42)(H,35,36,38)/t21?,25-/m1/s1. The number of hydrogen-bond donors (Lipinski definition) is 3. The second-order valence-electron chi connectivity index (χ2n) is 12.0. The molecule has 1 aliphatic heterocycles.